The van der Waals surface area contributed by atoms with Gasteiger partial charge in [0.05, 0.1) is 23.6 Å². The monoisotopic (exact) mass is 328 g/mol. The molecule has 24 heavy (non-hydrogen) atoms. The molecule has 1 fully saturated rings. The van der Waals surface area contributed by atoms with Crippen LogP contribution in [-0.4, -0.2) is 40.6 Å². The summed E-state index contributed by atoms with van der Waals surface area (Å²) in [6.07, 6.45) is 2.48. The first-order valence-corrected chi connectivity index (χ1v) is 8.36. The molecule has 0 radical (unpaired) electrons. The Morgan fingerprint density at radius 2 is 1.92 bits per heavy atom. The molecule has 128 valence electrons. The lowest BCUT2D eigenvalue weighted by Gasteiger charge is -2.34. The van der Waals surface area contributed by atoms with Gasteiger partial charge in [0.25, 0.3) is 0 Å². The van der Waals surface area contributed by atoms with Crippen LogP contribution in [0.15, 0.2) is 30.3 Å². The van der Waals surface area contributed by atoms with Crippen molar-refractivity contribution >= 4 is 11.5 Å². The maximum atomic E-state index is 10.0. The van der Waals surface area contributed by atoms with E-state index in [1.807, 2.05) is 18.2 Å². The third-order valence-corrected chi connectivity index (χ3v) is 4.23. The van der Waals surface area contributed by atoms with E-state index in [0.717, 1.165) is 31.6 Å². The van der Waals surface area contributed by atoms with Crippen molar-refractivity contribution in [2.24, 2.45) is 0 Å². The lowest BCUT2D eigenvalue weighted by atomic mass is 10.1. The fourth-order valence-corrected chi connectivity index (χ4v) is 3.08. The highest BCUT2D eigenvalue weighted by molar-refractivity contribution is 5.74. The number of benzene rings is 1. The summed E-state index contributed by atoms with van der Waals surface area (Å²) in [7, 11) is 0. The largest absolute Gasteiger partial charge is 0.507 e. The Morgan fingerprint density at radius 3 is 2.58 bits per heavy atom. The van der Waals surface area contributed by atoms with Crippen LogP contribution in [0.2, 0.25) is 0 Å². The number of anilines is 2. The molecule has 0 amide bonds. The minimum atomic E-state index is 0.187. The minimum absolute atomic E-state index is 0.187. The molecular formula is C18H24N4O2. The normalized spacial score (nSPS) is 15.9. The first-order chi connectivity index (χ1) is 11.5. The van der Waals surface area contributed by atoms with Crippen LogP contribution in [0.5, 0.6) is 5.75 Å². The van der Waals surface area contributed by atoms with Gasteiger partial charge in [0, 0.05) is 18.7 Å². The molecule has 0 spiro atoms. The average molecular weight is 328 g/mol. The van der Waals surface area contributed by atoms with E-state index in [2.05, 4.69) is 28.9 Å². The zero-order chi connectivity index (χ0) is 17.1. The number of aromatic hydroxyl groups is 1. The third kappa shape index (κ3) is 3.59. The predicted molar refractivity (Wildman–Crippen MR) is 95.0 cm³/mol. The SMILES string of the molecule is CC(C)OC1CCN(c2cc(-c3ccccc3O)nnc2N)CC1. The quantitative estimate of drug-likeness (QED) is 0.898. The van der Waals surface area contributed by atoms with Gasteiger partial charge < -0.3 is 20.5 Å². The van der Waals surface area contributed by atoms with E-state index >= 15 is 0 Å². The van der Waals surface area contributed by atoms with Crippen molar-refractivity contribution in [3.63, 3.8) is 0 Å². The number of nitrogens with two attached hydrogens (primary N) is 1. The smallest absolute Gasteiger partial charge is 0.169 e. The van der Waals surface area contributed by atoms with Gasteiger partial charge in [0.15, 0.2) is 5.82 Å². The number of piperidine rings is 1. The van der Waals surface area contributed by atoms with Crippen molar-refractivity contribution in [2.45, 2.75) is 38.9 Å². The molecule has 1 saturated heterocycles. The summed E-state index contributed by atoms with van der Waals surface area (Å²) in [5.41, 5.74) is 8.19. The molecular weight excluding hydrogens is 304 g/mol. The van der Waals surface area contributed by atoms with E-state index in [-0.39, 0.29) is 11.9 Å². The van der Waals surface area contributed by atoms with E-state index in [9.17, 15) is 5.11 Å². The van der Waals surface area contributed by atoms with Crippen LogP contribution in [0.4, 0.5) is 11.5 Å². The first kappa shape index (κ1) is 16.5. The summed E-state index contributed by atoms with van der Waals surface area (Å²) < 4.78 is 5.90. The van der Waals surface area contributed by atoms with Crippen LogP contribution < -0.4 is 10.6 Å². The molecule has 1 aromatic carbocycles. The fraction of sp³-hybridized carbons (Fsp3) is 0.444. The Bertz CT molecular complexity index is 697. The fourth-order valence-electron chi connectivity index (χ4n) is 3.08. The average Bonchev–Trinajstić information content (AvgIpc) is 2.56. The molecule has 0 unspecified atom stereocenters. The third-order valence-electron chi connectivity index (χ3n) is 4.23. The highest BCUT2D eigenvalue weighted by atomic mass is 16.5. The van der Waals surface area contributed by atoms with Crippen molar-refractivity contribution in [1.82, 2.24) is 10.2 Å². The molecule has 2 heterocycles. The van der Waals surface area contributed by atoms with Crippen LogP contribution in [0.3, 0.4) is 0 Å². The second kappa shape index (κ2) is 7.05. The van der Waals surface area contributed by atoms with Crippen molar-refractivity contribution in [3.8, 4) is 17.0 Å². The molecule has 0 aliphatic carbocycles. The summed E-state index contributed by atoms with van der Waals surface area (Å²) >= 11 is 0. The Morgan fingerprint density at radius 1 is 1.21 bits per heavy atom. The highest BCUT2D eigenvalue weighted by Crippen LogP contribution is 2.32. The maximum Gasteiger partial charge on any atom is 0.169 e. The molecule has 0 bridgehead atoms. The Labute approximate surface area is 142 Å². The lowest BCUT2D eigenvalue weighted by Crippen LogP contribution is -2.38. The number of aromatic nitrogens is 2. The molecule has 1 aromatic heterocycles. The molecule has 1 aliphatic rings. The topological polar surface area (TPSA) is 84.5 Å². The zero-order valence-corrected chi connectivity index (χ0v) is 14.1. The molecule has 3 N–H and O–H groups in total. The van der Waals surface area contributed by atoms with Crippen LogP contribution in [0.25, 0.3) is 11.3 Å². The number of para-hydroxylation sites is 1. The van der Waals surface area contributed by atoms with Crippen LogP contribution in [0.1, 0.15) is 26.7 Å². The van der Waals surface area contributed by atoms with Gasteiger partial charge in [0.2, 0.25) is 0 Å². The van der Waals surface area contributed by atoms with Gasteiger partial charge in [-0.15, -0.1) is 10.2 Å². The van der Waals surface area contributed by atoms with Gasteiger partial charge >= 0.3 is 0 Å². The van der Waals surface area contributed by atoms with E-state index < -0.39 is 0 Å². The second-order valence-electron chi connectivity index (χ2n) is 6.39. The van der Waals surface area contributed by atoms with Crippen molar-refractivity contribution < 1.29 is 9.84 Å². The predicted octanol–water partition coefficient (Wildman–Crippen LogP) is 2.83. The Hall–Kier alpha value is -2.34. The summed E-state index contributed by atoms with van der Waals surface area (Å²) in [6.45, 7) is 5.87. The standard InChI is InChI=1S/C18H24N4O2/c1-12(2)24-13-7-9-22(10-8-13)16-11-15(20-21-18(16)19)14-5-3-4-6-17(14)23/h3-6,11-13,23H,7-10H2,1-2H3,(H2,19,21). The Balaban J connectivity index is 1.80. The Kier molecular flexibility index (Phi) is 4.85. The van der Waals surface area contributed by atoms with Crippen molar-refractivity contribution in [1.29, 1.82) is 0 Å². The number of nitrogen functional groups attached to an aromatic ring is 1. The van der Waals surface area contributed by atoms with Crippen LogP contribution >= 0.6 is 0 Å². The van der Waals surface area contributed by atoms with Gasteiger partial charge in [0.1, 0.15) is 5.75 Å². The number of phenols is 1. The van der Waals surface area contributed by atoms with Crippen molar-refractivity contribution in [2.75, 3.05) is 23.7 Å². The number of rotatable bonds is 4. The van der Waals surface area contributed by atoms with Gasteiger partial charge in [-0.25, -0.2) is 0 Å². The molecule has 2 aromatic rings. The second-order valence-corrected chi connectivity index (χ2v) is 6.39. The van der Waals surface area contributed by atoms with Gasteiger partial charge in [-0.05, 0) is 44.9 Å². The number of hydrogen-bond acceptors (Lipinski definition) is 6. The van der Waals surface area contributed by atoms with E-state index in [1.165, 1.54) is 0 Å². The van der Waals surface area contributed by atoms with E-state index in [1.54, 1.807) is 12.1 Å². The van der Waals surface area contributed by atoms with Gasteiger partial charge in [-0.2, -0.15) is 0 Å². The van der Waals surface area contributed by atoms with Crippen LogP contribution in [-0.2, 0) is 4.74 Å². The van der Waals surface area contributed by atoms with Gasteiger partial charge in [-0.1, -0.05) is 12.1 Å². The lowest BCUT2D eigenvalue weighted by molar-refractivity contribution is -0.00477. The molecule has 3 rings (SSSR count). The summed E-state index contributed by atoms with van der Waals surface area (Å²) in [4.78, 5) is 2.22. The zero-order valence-electron chi connectivity index (χ0n) is 14.1. The minimum Gasteiger partial charge on any atom is -0.507 e. The van der Waals surface area contributed by atoms with E-state index in [0.29, 0.717) is 23.2 Å². The summed E-state index contributed by atoms with van der Waals surface area (Å²) in [6, 6.07) is 9.01. The van der Waals surface area contributed by atoms with Gasteiger partial charge in [-0.3, -0.25) is 0 Å². The summed E-state index contributed by atoms with van der Waals surface area (Å²) in [5.74, 6) is 0.601. The van der Waals surface area contributed by atoms with Crippen molar-refractivity contribution in [3.05, 3.63) is 30.3 Å². The maximum absolute atomic E-state index is 10.0. The van der Waals surface area contributed by atoms with Crippen LogP contribution in [0, 0.1) is 0 Å². The molecule has 0 atom stereocenters. The highest BCUT2D eigenvalue weighted by Gasteiger charge is 2.23. The number of nitrogens with zero attached hydrogens (tertiary/aromatic N) is 3. The molecule has 0 saturated carbocycles. The number of phenolic OH excluding ortho intramolecular Hbond substituents is 1. The number of hydrogen-bond donors (Lipinski definition) is 2. The summed E-state index contributed by atoms with van der Waals surface area (Å²) in [5, 5.41) is 18.2. The van der Waals surface area contributed by atoms with E-state index in [4.69, 9.17) is 10.5 Å². The molecule has 6 heteroatoms. The first-order valence-electron chi connectivity index (χ1n) is 8.36. The molecule has 1 aliphatic heterocycles. The number of ether oxygens (including phenoxy) is 1. The molecule has 6 nitrogen and oxygen atoms in total.